The number of carbonyl (C=O) groups excluding carboxylic acids is 1. The zero-order chi connectivity index (χ0) is 18.8. The average molecular weight is 373 g/mol. The van der Waals surface area contributed by atoms with E-state index in [0.717, 1.165) is 27.7 Å². The van der Waals surface area contributed by atoms with Crippen molar-refractivity contribution >= 4 is 39.5 Å². The second-order valence-electron chi connectivity index (χ2n) is 6.37. The second-order valence-corrected chi connectivity index (χ2v) is 6.77. The van der Waals surface area contributed by atoms with Crippen LogP contribution in [-0.2, 0) is 0 Å². The standard InChI is InChI=1S/C23H17ClN2O/c1-15-5-2-3-7-18(15)23(27)20-10-9-17(13-21(20)24)26-22-8-4-6-16-14-25-12-11-19(16)22/h2-14,26H,1H3. The Labute approximate surface area is 162 Å². The first kappa shape index (κ1) is 17.3. The lowest BCUT2D eigenvalue weighted by atomic mass is 9.99. The number of aromatic nitrogens is 1. The number of hydrogen-bond acceptors (Lipinski definition) is 3. The van der Waals surface area contributed by atoms with E-state index in [-0.39, 0.29) is 5.78 Å². The number of carbonyl (C=O) groups is 1. The van der Waals surface area contributed by atoms with E-state index in [1.807, 2.05) is 67.7 Å². The maximum absolute atomic E-state index is 12.8. The van der Waals surface area contributed by atoms with Crippen LogP contribution in [0.3, 0.4) is 0 Å². The minimum absolute atomic E-state index is 0.0686. The zero-order valence-corrected chi connectivity index (χ0v) is 15.5. The van der Waals surface area contributed by atoms with Gasteiger partial charge in [-0.05, 0) is 42.8 Å². The van der Waals surface area contributed by atoms with Gasteiger partial charge in [-0.3, -0.25) is 9.78 Å². The summed E-state index contributed by atoms with van der Waals surface area (Å²) in [5, 5.41) is 5.94. The quantitative estimate of drug-likeness (QED) is 0.435. The highest BCUT2D eigenvalue weighted by Gasteiger charge is 2.15. The number of aryl methyl sites for hydroxylation is 1. The van der Waals surface area contributed by atoms with Gasteiger partial charge in [0.05, 0.1) is 5.02 Å². The molecule has 132 valence electrons. The highest BCUT2D eigenvalue weighted by Crippen LogP contribution is 2.29. The molecular formula is C23H17ClN2O. The number of pyridine rings is 1. The molecule has 0 aliphatic heterocycles. The van der Waals surface area contributed by atoms with Crippen LogP contribution in [0.2, 0.25) is 5.02 Å². The van der Waals surface area contributed by atoms with Crippen LogP contribution in [0.1, 0.15) is 21.5 Å². The molecule has 4 heteroatoms. The van der Waals surface area contributed by atoms with Gasteiger partial charge in [0.2, 0.25) is 0 Å². The van der Waals surface area contributed by atoms with E-state index in [1.54, 1.807) is 18.3 Å². The highest BCUT2D eigenvalue weighted by atomic mass is 35.5. The summed E-state index contributed by atoms with van der Waals surface area (Å²) in [6, 6.07) is 20.9. The molecule has 0 saturated carbocycles. The van der Waals surface area contributed by atoms with E-state index in [9.17, 15) is 4.79 Å². The molecule has 0 bridgehead atoms. The number of halogens is 1. The van der Waals surface area contributed by atoms with Crippen LogP contribution in [0.25, 0.3) is 10.8 Å². The van der Waals surface area contributed by atoms with Gasteiger partial charge in [-0.1, -0.05) is 48.0 Å². The maximum Gasteiger partial charge on any atom is 0.194 e. The minimum atomic E-state index is -0.0686. The Balaban J connectivity index is 1.66. The van der Waals surface area contributed by atoms with Crippen LogP contribution in [0.15, 0.2) is 79.1 Å². The minimum Gasteiger partial charge on any atom is -0.355 e. The molecule has 3 nitrogen and oxygen atoms in total. The number of nitrogens with one attached hydrogen (secondary N) is 1. The molecule has 0 aliphatic rings. The molecule has 1 aromatic heterocycles. The van der Waals surface area contributed by atoms with E-state index in [4.69, 9.17) is 11.6 Å². The first-order chi connectivity index (χ1) is 13.1. The number of anilines is 2. The van der Waals surface area contributed by atoms with Gasteiger partial charge < -0.3 is 5.32 Å². The predicted octanol–water partition coefficient (Wildman–Crippen LogP) is 6.17. The van der Waals surface area contributed by atoms with Gasteiger partial charge in [-0.25, -0.2) is 0 Å². The fourth-order valence-electron chi connectivity index (χ4n) is 3.14. The van der Waals surface area contributed by atoms with E-state index in [1.165, 1.54) is 0 Å². The number of hydrogen-bond donors (Lipinski definition) is 1. The summed E-state index contributed by atoms with van der Waals surface area (Å²) in [6.07, 6.45) is 3.60. The molecule has 3 aromatic carbocycles. The van der Waals surface area contributed by atoms with Crippen molar-refractivity contribution in [1.29, 1.82) is 0 Å². The maximum atomic E-state index is 12.8. The topological polar surface area (TPSA) is 42.0 Å². The Kier molecular flexibility index (Phi) is 4.61. The fourth-order valence-corrected chi connectivity index (χ4v) is 3.40. The molecule has 0 atom stereocenters. The van der Waals surface area contributed by atoms with E-state index in [0.29, 0.717) is 16.1 Å². The summed E-state index contributed by atoms with van der Waals surface area (Å²) in [5.74, 6) is -0.0686. The third-order valence-corrected chi connectivity index (χ3v) is 4.88. The fraction of sp³-hybridized carbons (Fsp3) is 0.0435. The van der Waals surface area contributed by atoms with E-state index < -0.39 is 0 Å². The Bertz CT molecular complexity index is 1150. The van der Waals surface area contributed by atoms with E-state index >= 15 is 0 Å². The van der Waals surface area contributed by atoms with E-state index in [2.05, 4.69) is 10.3 Å². The van der Waals surface area contributed by atoms with Crippen molar-refractivity contribution in [2.24, 2.45) is 0 Å². The van der Waals surface area contributed by atoms with Gasteiger partial charge in [0.1, 0.15) is 0 Å². The van der Waals surface area contributed by atoms with Crippen LogP contribution in [0.5, 0.6) is 0 Å². The molecule has 0 radical (unpaired) electrons. The Hall–Kier alpha value is -3.17. The van der Waals surface area contributed by atoms with Crippen molar-refractivity contribution < 1.29 is 4.79 Å². The van der Waals surface area contributed by atoms with Gasteiger partial charge in [0.15, 0.2) is 5.78 Å². The van der Waals surface area contributed by atoms with Crippen molar-refractivity contribution in [2.75, 3.05) is 5.32 Å². The van der Waals surface area contributed by atoms with Crippen LogP contribution < -0.4 is 5.32 Å². The Morgan fingerprint density at radius 3 is 2.63 bits per heavy atom. The van der Waals surface area contributed by atoms with Gasteiger partial charge in [-0.2, -0.15) is 0 Å². The van der Waals surface area contributed by atoms with Crippen LogP contribution >= 0.6 is 11.6 Å². The van der Waals surface area contributed by atoms with Gasteiger partial charge >= 0.3 is 0 Å². The largest absolute Gasteiger partial charge is 0.355 e. The molecule has 0 unspecified atom stereocenters. The second kappa shape index (κ2) is 7.22. The highest BCUT2D eigenvalue weighted by molar-refractivity contribution is 6.35. The summed E-state index contributed by atoms with van der Waals surface area (Å²) >= 11 is 6.44. The molecule has 0 fully saturated rings. The van der Waals surface area contributed by atoms with Gasteiger partial charge in [0, 0.05) is 45.7 Å². The number of rotatable bonds is 4. The smallest absolute Gasteiger partial charge is 0.194 e. The van der Waals surface area contributed by atoms with Crippen molar-refractivity contribution in [3.8, 4) is 0 Å². The number of ketones is 1. The first-order valence-electron chi connectivity index (χ1n) is 8.63. The SMILES string of the molecule is Cc1ccccc1C(=O)c1ccc(Nc2cccc3cnccc23)cc1Cl. The number of benzene rings is 3. The Morgan fingerprint density at radius 1 is 0.963 bits per heavy atom. The third-order valence-electron chi connectivity index (χ3n) is 4.56. The summed E-state index contributed by atoms with van der Waals surface area (Å²) in [4.78, 5) is 17.0. The lowest BCUT2D eigenvalue weighted by molar-refractivity contribution is 0.103. The Morgan fingerprint density at radius 2 is 1.81 bits per heavy atom. The number of fused-ring (bicyclic) bond motifs is 1. The van der Waals surface area contributed by atoms with Crippen molar-refractivity contribution in [3.63, 3.8) is 0 Å². The summed E-state index contributed by atoms with van der Waals surface area (Å²) < 4.78 is 0. The molecule has 0 saturated heterocycles. The van der Waals surface area contributed by atoms with Gasteiger partial charge in [-0.15, -0.1) is 0 Å². The molecule has 0 amide bonds. The lowest BCUT2D eigenvalue weighted by Crippen LogP contribution is -2.04. The lowest BCUT2D eigenvalue weighted by Gasteiger charge is -2.12. The van der Waals surface area contributed by atoms with Crippen molar-refractivity contribution in [2.45, 2.75) is 6.92 Å². The molecule has 0 aliphatic carbocycles. The monoisotopic (exact) mass is 372 g/mol. The molecule has 1 heterocycles. The number of nitrogens with zero attached hydrogens (tertiary/aromatic N) is 1. The summed E-state index contributed by atoms with van der Waals surface area (Å²) in [7, 11) is 0. The average Bonchev–Trinajstić information content (AvgIpc) is 2.68. The molecule has 1 N–H and O–H groups in total. The summed E-state index contributed by atoms with van der Waals surface area (Å²) in [5.41, 5.74) is 3.89. The van der Waals surface area contributed by atoms with Gasteiger partial charge in [0.25, 0.3) is 0 Å². The van der Waals surface area contributed by atoms with Crippen LogP contribution in [-0.4, -0.2) is 10.8 Å². The summed E-state index contributed by atoms with van der Waals surface area (Å²) in [6.45, 7) is 1.92. The molecule has 4 rings (SSSR count). The molecule has 4 aromatic rings. The first-order valence-corrected chi connectivity index (χ1v) is 9.01. The van der Waals surface area contributed by atoms with Crippen LogP contribution in [0, 0.1) is 6.92 Å². The van der Waals surface area contributed by atoms with Crippen LogP contribution in [0.4, 0.5) is 11.4 Å². The zero-order valence-electron chi connectivity index (χ0n) is 14.7. The third kappa shape index (κ3) is 3.42. The molecule has 27 heavy (non-hydrogen) atoms. The van der Waals surface area contributed by atoms with Crippen molar-refractivity contribution in [3.05, 3.63) is 101 Å². The predicted molar refractivity (Wildman–Crippen MR) is 111 cm³/mol. The van der Waals surface area contributed by atoms with Crippen molar-refractivity contribution in [1.82, 2.24) is 4.98 Å². The normalized spacial score (nSPS) is 10.7. The molecular weight excluding hydrogens is 356 g/mol. The molecule has 0 spiro atoms.